The number of hydrogen-bond donors (Lipinski definition) is 2. The number of hydrogen-bond acceptors (Lipinski definition) is 5. The van der Waals surface area contributed by atoms with Crippen LogP contribution in [0.3, 0.4) is 0 Å². The van der Waals surface area contributed by atoms with Crippen LogP contribution in [-0.4, -0.2) is 21.8 Å². The Balaban J connectivity index is 1.72. The fourth-order valence-electron chi connectivity index (χ4n) is 2.93. The van der Waals surface area contributed by atoms with Crippen molar-refractivity contribution in [1.29, 1.82) is 0 Å². The highest BCUT2D eigenvalue weighted by molar-refractivity contribution is 5.27. The first kappa shape index (κ1) is 13.1. The second kappa shape index (κ2) is 5.63. The van der Waals surface area contributed by atoms with Gasteiger partial charge in [0.2, 0.25) is 5.89 Å². The number of nitrogens with zero attached hydrogens (tertiary/aromatic N) is 2. The summed E-state index contributed by atoms with van der Waals surface area (Å²) < 4.78 is 5.41. The third-order valence-corrected chi connectivity index (χ3v) is 4.06. The lowest BCUT2D eigenvalue weighted by Crippen LogP contribution is -2.17. The van der Waals surface area contributed by atoms with E-state index >= 15 is 0 Å². The molecule has 1 aromatic heterocycles. The van der Waals surface area contributed by atoms with Crippen molar-refractivity contribution < 1.29 is 9.63 Å². The molecule has 0 aliphatic heterocycles. The molecule has 1 fully saturated rings. The Morgan fingerprint density at radius 3 is 2.80 bits per heavy atom. The van der Waals surface area contributed by atoms with Crippen molar-refractivity contribution >= 4 is 0 Å². The van der Waals surface area contributed by atoms with Crippen LogP contribution in [0.1, 0.15) is 42.5 Å². The molecule has 0 radical (unpaired) electrons. The van der Waals surface area contributed by atoms with E-state index in [1.807, 2.05) is 12.1 Å². The molecule has 2 aromatic rings. The Bertz CT molecular complexity index is 565. The quantitative estimate of drug-likeness (QED) is 0.892. The molecule has 106 valence electrons. The number of phenols is 1. The molecule has 1 aliphatic carbocycles. The van der Waals surface area contributed by atoms with E-state index in [4.69, 9.17) is 10.3 Å². The van der Waals surface area contributed by atoms with Crippen LogP contribution in [0.25, 0.3) is 0 Å². The van der Waals surface area contributed by atoms with Crippen LogP contribution in [0.4, 0.5) is 0 Å². The second-order valence-corrected chi connectivity index (χ2v) is 5.43. The van der Waals surface area contributed by atoms with E-state index in [1.54, 1.807) is 12.1 Å². The number of aromatic nitrogens is 2. The van der Waals surface area contributed by atoms with Gasteiger partial charge in [0.05, 0.1) is 0 Å². The molecule has 3 N–H and O–H groups in total. The predicted molar refractivity (Wildman–Crippen MR) is 74.3 cm³/mol. The zero-order valence-electron chi connectivity index (χ0n) is 11.3. The molecule has 5 nitrogen and oxygen atoms in total. The van der Waals surface area contributed by atoms with Gasteiger partial charge in [0.15, 0.2) is 5.82 Å². The van der Waals surface area contributed by atoms with Crippen molar-refractivity contribution in [2.75, 3.05) is 6.54 Å². The molecule has 2 atom stereocenters. The Labute approximate surface area is 117 Å². The minimum Gasteiger partial charge on any atom is -0.508 e. The molecule has 0 spiro atoms. The molecular formula is C15H19N3O2. The van der Waals surface area contributed by atoms with Crippen molar-refractivity contribution in [2.45, 2.75) is 31.6 Å². The zero-order chi connectivity index (χ0) is 13.9. The highest BCUT2D eigenvalue weighted by Crippen LogP contribution is 2.38. The number of phenolic OH excluding ortho intramolecular Hbond substituents is 1. The van der Waals surface area contributed by atoms with Gasteiger partial charge in [-0.15, -0.1) is 0 Å². The smallest absolute Gasteiger partial charge is 0.230 e. The van der Waals surface area contributed by atoms with Gasteiger partial charge < -0.3 is 15.4 Å². The van der Waals surface area contributed by atoms with E-state index < -0.39 is 0 Å². The van der Waals surface area contributed by atoms with Crippen molar-refractivity contribution in [3.8, 4) is 5.75 Å². The lowest BCUT2D eigenvalue weighted by Gasteiger charge is -2.12. The van der Waals surface area contributed by atoms with Crippen molar-refractivity contribution in [2.24, 2.45) is 11.7 Å². The first-order valence-corrected chi connectivity index (χ1v) is 7.06. The van der Waals surface area contributed by atoms with Gasteiger partial charge in [-0.1, -0.05) is 23.7 Å². The first-order valence-electron chi connectivity index (χ1n) is 7.06. The van der Waals surface area contributed by atoms with E-state index in [9.17, 15) is 5.11 Å². The van der Waals surface area contributed by atoms with E-state index in [-0.39, 0.29) is 5.75 Å². The summed E-state index contributed by atoms with van der Waals surface area (Å²) in [5.41, 5.74) is 6.85. The average Bonchev–Trinajstić information content (AvgIpc) is 3.09. The summed E-state index contributed by atoms with van der Waals surface area (Å²) in [5.74, 6) is 2.47. The second-order valence-electron chi connectivity index (χ2n) is 5.43. The van der Waals surface area contributed by atoms with Crippen LogP contribution in [0, 0.1) is 5.92 Å². The standard InChI is InChI=1S/C15H19N3O2/c16-9-11-2-1-3-13(11)15-17-14(18-20-15)8-10-4-6-12(19)7-5-10/h4-7,11,13,19H,1-3,8-9,16H2. The van der Waals surface area contributed by atoms with Gasteiger partial charge in [0, 0.05) is 12.3 Å². The molecule has 0 amide bonds. The molecule has 0 bridgehead atoms. The number of rotatable bonds is 4. The molecule has 2 unspecified atom stereocenters. The minimum atomic E-state index is 0.263. The van der Waals surface area contributed by atoms with Crippen LogP contribution in [0.5, 0.6) is 5.75 Å². The summed E-state index contributed by atoms with van der Waals surface area (Å²) in [6, 6.07) is 7.06. The van der Waals surface area contributed by atoms with E-state index in [0.29, 0.717) is 30.6 Å². The molecule has 0 saturated heterocycles. The molecule has 1 aromatic carbocycles. The van der Waals surface area contributed by atoms with Gasteiger partial charge >= 0.3 is 0 Å². The summed E-state index contributed by atoms with van der Waals surface area (Å²) in [7, 11) is 0. The van der Waals surface area contributed by atoms with Gasteiger partial charge in [0.1, 0.15) is 5.75 Å². The summed E-state index contributed by atoms with van der Waals surface area (Å²) in [6.07, 6.45) is 4.03. The Hall–Kier alpha value is -1.88. The van der Waals surface area contributed by atoms with Crippen LogP contribution in [0.2, 0.25) is 0 Å². The maximum Gasteiger partial charge on any atom is 0.230 e. The van der Waals surface area contributed by atoms with Gasteiger partial charge in [-0.05, 0) is 43.0 Å². The van der Waals surface area contributed by atoms with E-state index in [2.05, 4.69) is 10.1 Å². The van der Waals surface area contributed by atoms with Crippen LogP contribution in [-0.2, 0) is 6.42 Å². The first-order chi connectivity index (χ1) is 9.76. The Morgan fingerprint density at radius 1 is 1.25 bits per heavy atom. The minimum absolute atomic E-state index is 0.263. The Kier molecular flexibility index (Phi) is 3.69. The molecule has 3 rings (SSSR count). The highest BCUT2D eigenvalue weighted by Gasteiger charge is 2.31. The summed E-state index contributed by atoms with van der Waals surface area (Å²) in [5, 5.41) is 13.3. The molecular weight excluding hydrogens is 254 g/mol. The fourth-order valence-corrected chi connectivity index (χ4v) is 2.93. The Morgan fingerprint density at radius 2 is 2.05 bits per heavy atom. The predicted octanol–water partition coefficient (Wildman–Crippen LogP) is 2.21. The average molecular weight is 273 g/mol. The van der Waals surface area contributed by atoms with Crippen LogP contribution >= 0.6 is 0 Å². The molecule has 20 heavy (non-hydrogen) atoms. The highest BCUT2D eigenvalue weighted by atomic mass is 16.5. The molecule has 1 heterocycles. The number of nitrogens with two attached hydrogens (primary N) is 1. The fraction of sp³-hybridized carbons (Fsp3) is 0.467. The summed E-state index contributed by atoms with van der Waals surface area (Å²) >= 11 is 0. The number of benzene rings is 1. The maximum absolute atomic E-state index is 9.27. The van der Waals surface area contributed by atoms with Crippen LogP contribution in [0.15, 0.2) is 28.8 Å². The van der Waals surface area contributed by atoms with Gasteiger partial charge in [0.25, 0.3) is 0 Å². The zero-order valence-corrected chi connectivity index (χ0v) is 11.3. The third kappa shape index (κ3) is 2.67. The van der Waals surface area contributed by atoms with E-state index in [1.165, 1.54) is 6.42 Å². The monoisotopic (exact) mass is 273 g/mol. The van der Waals surface area contributed by atoms with Crippen molar-refractivity contribution in [3.63, 3.8) is 0 Å². The van der Waals surface area contributed by atoms with Crippen molar-refractivity contribution in [1.82, 2.24) is 10.1 Å². The summed E-state index contributed by atoms with van der Waals surface area (Å²) in [4.78, 5) is 4.51. The van der Waals surface area contributed by atoms with Crippen molar-refractivity contribution in [3.05, 3.63) is 41.5 Å². The third-order valence-electron chi connectivity index (χ3n) is 4.06. The maximum atomic E-state index is 9.27. The lowest BCUT2D eigenvalue weighted by atomic mass is 9.96. The van der Waals surface area contributed by atoms with Gasteiger partial charge in [-0.2, -0.15) is 4.98 Å². The topological polar surface area (TPSA) is 85.2 Å². The SMILES string of the molecule is NCC1CCCC1c1nc(Cc2ccc(O)cc2)no1. The summed E-state index contributed by atoms with van der Waals surface area (Å²) in [6.45, 7) is 0.681. The van der Waals surface area contributed by atoms with Gasteiger partial charge in [-0.3, -0.25) is 0 Å². The lowest BCUT2D eigenvalue weighted by molar-refractivity contribution is 0.323. The molecule has 1 saturated carbocycles. The molecule has 5 heteroatoms. The van der Waals surface area contributed by atoms with Crippen LogP contribution < -0.4 is 5.73 Å². The molecule has 1 aliphatic rings. The van der Waals surface area contributed by atoms with Gasteiger partial charge in [-0.25, -0.2) is 0 Å². The number of aromatic hydroxyl groups is 1. The normalized spacial score (nSPS) is 22.2. The van der Waals surface area contributed by atoms with E-state index in [0.717, 1.165) is 24.3 Å². The largest absolute Gasteiger partial charge is 0.508 e.